The molecule has 1 N–H and O–H groups in total. The molecule has 0 radical (unpaired) electrons. The number of nitrogens with zero attached hydrogens (tertiary/aromatic N) is 2. The average molecular weight is 193 g/mol. The summed E-state index contributed by atoms with van der Waals surface area (Å²) in [5.74, 6) is 1.32. The molecule has 78 valence electrons. The first-order chi connectivity index (χ1) is 6.59. The van der Waals surface area contributed by atoms with E-state index in [0.717, 1.165) is 17.9 Å². The van der Waals surface area contributed by atoms with Gasteiger partial charge in [0.25, 0.3) is 0 Å². The Balaban J connectivity index is 2.55. The van der Waals surface area contributed by atoms with Crippen LogP contribution in [0.1, 0.15) is 45.0 Å². The lowest BCUT2D eigenvalue weighted by Crippen LogP contribution is -2.22. The number of hydrogen-bond acceptors (Lipinski definition) is 3. The highest BCUT2D eigenvalue weighted by Crippen LogP contribution is 2.07. The summed E-state index contributed by atoms with van der Waals surface area (Å²) in [4.78, 5) is 8.61. The Morgan fingerprint density at radius 2 is 1.71 bits per heavy atom. The maximum Gasteiger partial charge on any atom is 0.130 e. The molecule has 1 heterocycles. The van der Waals surface area contributed by atoms with Crippen LogP contribution in [0.25, 0.3) is 0 Å². The molecule has 0 spiro atoms. The molecule has 0 bridgehead atoms. The Hall–Kier alpha value is -0.960. The molecule has 1 aromatic heterocycles. The first-order valence-electron chi connectivity index (χ1n) is 5.13. The normalized spacial score (nSPS) is 11.3. The van der Waals surface area contributed by atoms with Crippen molar-refractivity contribution in [3.63, 3.8) is 0 Å². The maximum absolute atomic E-state index is 4.31. The first kappa shape index (κ1) is 11.1. The molecular formula is C11H19N3. The molecule has 0 aliphatic heterocycles. The second-order valence-corrected chi connectivity index (χ2v) is 4.14. The van der Waals surface area contributed by atoms with Gasteiger partial charge in [0.2, 0.25) is 0 Å². The lowest BCUT2D eigenvalue weighted by Gasteiger charge is -2.08. The highest BCUT2D eigenvalue weighted by molar-refractivity contribution is 5.06. The van der Waals surface area contributed by atoms with Gasteiger partial charge in [-0.2, -0.15) is 0 Å². The summed E-state index contributed by atoms with van der Waals surface area (Å²) in [6.07, 6.45) is 3.80. The van der Waals surface area contributed by atoms with Gasteiger partial charge in [-0.05, 0) is 0 Å². The van der Waals surface area contributed by atoms with Crippen molar-refractivity contribution in [2.45, 2.75) is 46.2 Å². The van der Waals surface area contributed by atoms with Crippen molar-refractivity contribution in [2.75, 3.05) is 0 Å². The van der Waals surface area contributed by atoms with E-state index in [0.29, 0.717) is 12.0 Å². The van der Waals surface area contributed by atoms with Crippen LogP contribution in [0.3, 0.4) is 0 Å². The van der Waals surface area contributed by atoms with Gasteiger partial charge < -0.3 is 5.32 Å². The minimum atomic E-state index is 0.405. The first-order valence-corrected chi connectivity index (χ1v) is 5.13. The minimum absolute atomic E-state index is 0.405. The molecule has 0 aliphatic rings. The number of nitrogens with one attached hydrogen (secondary N) is 1. The van der Waals surface area contributed by atoms with E-state index in [1.54, 1.807) is 0 Å². The number of rotatable bonds is 4. The Morgan fingerprint density at radius 1 is 1.14 bits per heavy atom. The fraction of sp³-hybridized carbons (Fsp3) is 0.636. The van der Waals surface area contributed by atoms with Crippen LogP contribution in [-0.4, -0.2) is 16.0 Å². The van der Waals surface area contributed by atoms with Gasteiger partial charge in [0.1, 0.15) is 5.82 Å². The van der Waals surface area contributed by atoms with Crippen molar-refractivity contribution in [1.29, 1.82) is 0 Å². The van der Waals surface area contributed by atoms with Crippen molar-refractivity contribution < 1.29 is 0 Å². The van der Waals surface area contributed by atoms with Gasteiger partial charge >= 0.3 is 0 Å². The molecule has 3 heteroatoms. The van der Waals surface area contributed by atoms with E-state index < -0.39 is 0 Å². The van der Waals surface area contributed by atoms with Crippen molar-refractivity contribution in [2.24, 2.45) is 0 Å². The molecule has 14 heavy (non-hydrogen) atoms. The summed E-state index contributed by atoms with van der Waals surface area (Å²) in [5.41, 5.74) is 1.14. The summed E-state index contributed by atoms with van der Waals surface area (Å²) in [7, 11) is 0. The molecule has 0 fully saturated rings. The van der Waals surface area contributed by atoms with Gasteiger partial charge in [0.05, 0.1) is 0 Å². The predicted octanol–water partition coefficient (Wildman–Crippen LogP) is 2.10. The topological polar surface area (TPSA) is 37.8 Å². The van der Waals surface area contributed by atoms with Crippen molar-refractivity contribution >= 4 is 0 Å². The fourth-order valence-corrected chi connectivity index (χ4v) is 1.08. The largest absolute Gasteiger partial charge is 0.310 e. The molecule has 0 atom stereocenters. The monoisotopic (exact) mass is 193 g/mol. The lowest BCUT2D eigenvalue weighted by atomic mass is 10.2. The summed E-state index contributed by atoms with van der Waals surface area (Å²) in [6.45, 7) is 9.30. The van der Waals surface area contributed by atoms with E-state index in [4.69, 9.17) is 0 Å². The summed E-state index contributed by atoms with van der Waals surface area (Å²) >= 11 is 0. The molecule has 3 nitrogen and oxygen atoms in total. The Bertz CT molecular complexity index is 264. The number of aromatic nitrogens is 2. The van der Waals surface area contributed by atoms with E-state index in [1.807, 2.05) is 12.4 Å². The summed E-state index contributed by atoms with van der Waals surface area (Å²) in [5, 5.41) is 3.33. The van der Waals surface area contributed by atoms with Gasteiger partial charge in [-0.15, -0.1) is 0 Å². The molecule has 0 aliphatic carbocycles. The molecule has 0 saturated heterocycles. The van der Waals surface area contributed by atoms with E-state index in [9.17, 15) is 0 Å². The molecular weight excluding hydrogens is 174 g/mol. The molecule has 0 saturated carbocycles. The van der Waals surface area contributed by atoms with Gasteiger partial charge in [-0.1, -0.05) is 27.7 Å². The number of hydrogen-bond donors (Lipinski definition) is 1. The van der Waals surface area contributed by atoms with Crippen LogP contribution < -0.4 is 5.32 Å². The molecule has 1 aromatic rings. The molecule has 0 aromatic carbocycles. The van der Waals surface area contributed by atoms with Gasteiger partial charge in [-0.3, -0.25) is 0 Å². The third kappa shape index (κ3) is 3.42. The second kappa shape index (κ2) is 5.05. The van der Waals surface area contributed by atoms with Crippen LogP contribution in [0.2, 0.25) is 0 Å². The smallest absolute Gasteiger partial charge is 0.130 e. The fourth-order valence-electron chi connectivity index (χ4n) is 1.08. The van der Waals surface area contributed by atoms with Crippen LogP contribution in [0, 0.1) is 0 Å². The zero-order valence-electron chi connectivity index (χ0n) is 9.41. The lowest BCUT2D eigenvalue weighted by molar-refractivity contribution is 0.585. The van der Waals surface area contributed by atoms with Crippen LogP contribution in [0.15, 0.2) is 12.4 Å². The molecule has 0 unspecified atom stereocenters. The average Bonchev–Trinajstić information content (AvgIpc) is 2.15. The second-order valence-electron chi connectivity index (χ2n) is 4.14. The predicted molar refractivity (Wildman–Crippen MR) is 58.1 cm³/mol. The van der Waals surface area contributed by atoms with E-state index in [-0.39, 0.29) is 0 Å². The standard InChI is InChI=1S/C11H19N3/c1-8(2)11-13-6-10(7-14-11)5-12-9(3)4/h6-9,12H,5H2,1-4H3. The van der Waals surface area contributed by atoms with Gasteiger partial charge in [0, 0.05) is 36.5 Å². The zero-order valence-corrected chi connectivity index (χ0v) is 9.41. The van der Waals surface area contributed by atoms with Gasteiger partial charge in [0.15, 0.2) is 0 Å². The van der Waals surface area contributed by atoms with Crippen molar-refractivity contribution in [1.82, 2.24) is 15.3 Å². The van der Waals surface area contributed by atoms with Crippen LogP contribution in [0.5, 0.6) is 0 Å². The molecule has 0 amide bonds. The van der Waals surface area contributed by atoms with Crippen LogP contribution in [-0.2, 0) is 6.54 Å². The highest BCUT2D eigenvalue weighted by atomic mass is 14.9. The summed E-state index contributed by atoms with van der Waals surface area (Å²) in [6, 6.07) is 0.500. The van der Waals surface area contributed by atoms with Crippen LogP contribution in [0.4, 0.5) is 0 Å². The van der Waals surface area contributed by atoms with E-state index in [2.05, 4.69) is 43.0 Å². The Labute approximate surface area is 86.0 Å². The zero-order chi connectivity index (χ0) is 10.6. The summed E-state index contributed by atoms with van der Waals surface area (Å²) < 4.78 is 0. The Kier molecular flexibility index (Phi) is 4.01. The third-order valence-electron chi connectivity index (χ3n) is 1.96. The van der Waals surface area contributed by atoms with E-state index >= 15 is 0 Å². The van der Waals surface area contributed by atoms with Gasteiger partial charge in [-0.25, -0.2) is 9.97 Å². The highest BCUT2D eigenvalue weighted by Gasteiger charge is 2.02. The third-order valence-corrected chi connectivity index (χ3v) is 1.96. The Morgan fingerprint density at radius 3 is 2.14 bits per heavy atom. The maximum atomic E-state index is 4.31. The SMILES string of the molecule is CC(C)NCc1cnc(C(C)C)nc1. The van der Waals surface area contributed by atoms with Crippen molar-refractivity contribution in [3.8, 4) is 0 Å². The minimum Gasteiger partial charge on any atom is -0.310 e. The van der Waals surface area contributed by atoms with E-state index in [1.165, 1.54) is 0 Å². The van der Waals surface area contributed by atoms with Crippen LogP contribution >= 0.6 is 0 Å². The molecule has 1 rings (SSSR count). The quantitative estimate of drug-likeness (QED) is 0.795. The van der Waals surface area contributed by atoms with Crippen molar-refractivity contribution in [3.05, 3.63) is 23.8 Å².